The van der Waals surface area contributed by atoms with Gasteiger partial charge in [0, 0.05) is 57.8 Å². The SMILES string of the molecule is CCNC(=NCCCN1CCCCCC1=O)NC1CCN(C2CCCC2)C1.I. The van der Waals surface area contributed by atoms with E-state index in [-0.39, 0.29) is 24.0 Å². The first-order valence-corrected chi connectivity index (χ1v) is 11.3. The van der Waals surface area contributed by atoms with Gasteiger partial charge in [-0.05, 0) is 45.4 Å². The van der Waals surface area contributed by atoms with E-state index in [1.54, 1.807) is 0 Å². The summed E-state index contributed by atoms with van der Waals surface area (Å²) in [5, 5.41) is 7.04. The maximum Gasteiger partial charge on any atom is 0.222 e. The zero-order valence-electron chi connectivity index (χ0n) is 17.6. The first-order chi connectivity index (χ1) is 13.3. The highest BCUT2D eigenvalue weighted by Gasteiger charge is 2.30. The molecule has 0 aromatic heterocycles. The molecule has 1 amide bonds. The van der Waals surface area contributed by atoms with E-state index in [2.05, 4.69) is 22.5 Å². The van der Waals surface area contributed by atoms with Gasteiger partial charge < -0.3 is 15.5 Å². The summed E-state index contributed by atoms with van der Waals surface area (Å²) < 4.78 is 0. The number of nitrogens with zero attached hydrogens (tertiary/aromatic N) is 3. The van der Waals surface area contributed by atoms with Gasteiger partial charge in [-0.2, -0.15) is 0 Å². The van der Waals surface area contributed by atoms with Crippen LogP contribution in [0.5, 0.6) is 0 Å². The summed E-state index contributed by atoms with van der Waals surface area (Å²) in [5.41, 5.74) is 0. The molecule has 1 unspecified atom stereocenters. The van der Waals surface area contributed by atoms with Gasteiger partial charge in [0.05, 0.1) is 0 Å². The molecule has 28 heavy (non-hydrogen) atoms. The van der Waals surface area contributed by atoms with Crippen molar-refractivity contribution in [2.75, 3.05) is 39.3 Å². The Morgan fingerprint density at radius 1 is 1.11 bits per heavy atom. The first kappa shape index (κ1) is 23.7. The minimum Gasteiger partial charge on any atom is -0.357 e. The number of likely N-dealkylation sites (tertiary alicyclic amines) is 2. The molecule has 6 nitrogen and oxygen atoms in total. The van der Waals surface area contributed by atoms with Crippen LogP contribution in [0.4, 0.5) is 0 Å². The number of hydrogen-bond donors (Lipinski definition) is 2. The fourth-order valence-corrected chi connectivity index (χ4v) is 4.75. The third kappa shape index (κ3) is 7.35. The Labute approximate surface area is 188 Å². The number of amides is 1. The van der Waals surface area contributed by atoms with Crippen LogP contribution in [0.3, 0.4) is 0 Å². The lowest BCUT2D eigenvalue weighted by atomic mass is 10.2. The minimum absolute atomic E-state index is 0. The molecular weight excluding hydrogens is 465 g/mol. The van der Waals surface area contributed by atoms with Gasteiger partial charge in [-0.25, -0.2) is 0 Å². The second-order valence-electron chi connectivity index (χ2n) is 8.37. The van der Waals surface area contributed by atoms with Crippen molar-refractivity contribution in [3.8, 4) is 0 Å². The number of carbonyl (C=O) groups excluding carboxylic acids is 1. The zero-order chi connectivity index (χ0) is 18.9. The highest BCUT2D eigenvalue weighted by molar-refractivity contribution is 14.0. The quantitative estimate of drug-likeness (QED) is 0.242. The Kier molecular flexibility index (Phi) is 10.9. The molecule has 1 aliphatic carbocycles. The minimum atomic E-state index is 0. The largest absolute Gasteiger partial charge is 0.357 e. The van der Waals surface area contributed by atoms with E-state index in [9.17, 15) is 4.79 Å². The summed E-state index contributed by atoms with van der Waals surface area (Å²) >= 11 is 0. The molecule has 2 N–H and O–H groups in total. The van der Waals surface area contributed by atoms with Crippen molar-refractivity contribution in [3.05, 3.63) is 0 Å². The first-order valence-electron chi connectivity index (χ1n) is 11.3. The number of aliphatic imine (C=N–C) groups is 1. The summed E-state index contributed by atoms with van der Waals surface area (Å²) in [6.45, 7) is 7.93. The van der Waals surface area contributed by atoms with Gasteiger partial charge in [0.25, 0.3) is 0 Å². The van der Waals surface area contributed by atoms with Gasteiger partial charge in [0.1, 0.15) is 0 Å². The Morgan fingerprint density at radius 3 is 2.71 bits per heavy atom. The van der Waals surface area contributed by atoms with Crippen molar-refractivity contribution >= 4 is 35.8 Å². The van der Waals surface area contributed by atoms with Gasteiger partial charge in [-0.1, -0.05) is 19.3 Å². The van der Waals surface area contributed by atoms with Crippen LogP contribution in [-0.4, -0.2) is 73.0 Å². The van der Waals surface area contributed by atoms with Gasteiger partial charge in [-0.15, -0.1) is 24.0 Å². The van der Waals surface area contributed by atoms with Crippen LogP contribution in [0.2, 0.25) is 0 Å². The van der Waals surface area contributed by atoms with Crippen LogP contribution >= 0.6 is 24.0 Å². The predicted molar refractivity (Wildman–Crippen MR) is 126 cm³/mol. The lowest BCUT2D eigenvalue weighted by Crippen LogP contribution is -2.45. The molecule has 0 aromatic rings. The Hall–Kier alpha value is -0.570. The normalized spacial score (nSPS) is 24.9. The summed E-state index contributed by atoms with van der Waals surface area (Å²) in [6, 6.07) is 1.33. The summed E-state index contributed by atoms with van der Waals surface area (Å²) in [6.07, 6.45) is 11.9. The second-order valence-corrected chi connectivity index (χ2v) is 8.37. The maximum absolute atomic E-state index is 12.1. The molecule has 0 spiro atoms. The molecule has 0 radical (unpaired) electrons. The number of guanidine groups is 1. The monoisotopic (exact) mass is 505 g/mol. The number of carbonyl (C=O) groups is 1. The maximum atomic E-state index is 12.1. The molecule has 7 heteroatoms. The van der Waals surface area contributed by atoms with Crippen LogP contribution < -0.4 is 10.6 Å². The molecule has 162 valence electrons. The van der Waals surface area contributed by atoms with E-state index in [1.807, 2.05) is 4.90 Å². The Morgan fingerprint density at radius 2 is 1.93 bits per heavy atom. The molecule has 2 saturated heterocycles. The molecule has 1 atom stereocenters. The summed E-state index contributed by atoms with van der Waals surface area (Å²) in [5.74, 6) is 1.28. The van der Waals surface area contributed by atoms with Crippen LogP contribution in [0.1, 0.15) is 71.1 Å². The van der Waals surface area contributed by atoms with E-state index in [4.69, 9.17) is 4.99 Å². The summed E-state index contributed by atoms with van der Waals surface area (Å²) in [4.78, 5) is 21.6. The lowest BCUT2D eigenvalue weighted by Gasteiger charge is -2.24. The number of halogens is 1. The molecule has 2 heterocycles. The Balaban J connectivity index is 0.00000280. The van der Waals surface area contributed by atoms with Crippen molar-refractivity contribution in [2.24, 2.45) is 4.99 Å². The fourth-order valence-electron chi connectivity index (χ4n) is 4.75. The van der Waals surface area contributed by atoms with Gasteiger partial charge >= 0.3 is 0 Å². The number of hydrogen-bond acceptors (Lipinski definition) is 3. The van der Waals surface area contributed by atoms with Crippen molar-refractivity contribution in [3.63, 3.8) is 0 Å². The summed E-state index contributed by atoms with van der Waals surface area (Å²) in [7, 11) is 0. The molecule has 3 aliphatic rings. The zero-order valence-corrected chi connectivity index (χ0v) is 20.0. The molecule has 2 aliphatic heterocycles. The van der Waals surface area contributed by atoms with Crippen LogP contribution in [0, 0.1) is 0 Å². The van der Waals surface area contributed by atoms with E-state index in [0.29, 0.717) is 11.9 Å². The van der Waals surface area contributed by atoms with Gasteiger partial charge in [0.2, 0.25) is 5.91 Å². The second kappa shape index (κ2) is 12.9. The van der Waals surface area contributed by atoms with Crippen molar-refractivity contribution in [2.45, 2.75) is 83.2 Å². The van der Waals surface area contributed by atoms with Crippen molar-refractivity contribution in [1.29, 1.82) is 0 Å². The van der Waals surface area contributed by atoms with Crippen LogP contribution in [-0.2, 0) is 4.79 Å². The molecule has 3 rings (SSSR count). The van der Waals surface area contributed by atoms with E-state index >= 15 is 0 Å². The highest BCUT2D eigenvalue weighted by atomic mass is 127. The molecule has 1 saturated carbocycles. The standard InChI is InChI=1S/C21H39N5O.HI/c1-2-22-21(23-13-8-15-25-14-7-3-4-11-20(25)27)24-18-12-16-26(17-18)19-9-5-6-10-19;/h18-19H,2-17H2,1H3,(H2,22,23,24);1H. The highest BCUT2D eigenvalue weighted by Crippen LogP contribution is 2.26. The third-order valence-electron chi connectivity index (χ3n) is 6.27. The lowest BCUT2D eigenvalue weighted by molar-refractivity contribution is -0.130. The average molecular weight is 505 g/mol. The number of rotatable bonds is 7. The van der Waals surface area contributed by atoms with E-state index in [1.165, 1.54) is 45.1 Å². The van der Waals surface area contributed by atoms with Gasteiger partial charge in [0.15, 0.2) is 5.96 Å². The van der Waals surface area contributed by atoms with Crippen molar-refractivity contribution in [1.82, 2.24) is 20.4 Å². The predicted octanol–water partition coefficient (Wildman–Crippen LogP) is 2.97. The van der Waals surface area contributed by atoms with E-state index in [0.717, 1.165) is 70.4 Å². The van der Waals surface area contributed by atoms with Gasteiger partial charge in [-0.3, -0.25) is 14.7 Å². The molecule has 3 fully saturated rings. The molecule has 0 bridgehead atoms. The van der Waals surface area contributed by atoms with E-state index < -0.39 is 0 Å². The smallest absolute Gasteiger partial charge is 0.222 e. The third-order valence-corrected chi connectivity index (χ3v) is 6.27. The van der Waals surface area contributed by atoms with Crippen LogP contribution in [0.25, 0.3) is 0 Å². The van der Waals surface area contributed by atoms with Crippen LogP contribution in [0.15, 0.2) is 4.99 Å². The van der Waals surface area contributed by atoms with Crippen molar-refractivity contribution < 1.29 is 4.79 Å². The average Bonchev–Trinajstić information content (AvgIpc) is 3.30. The molecule has 0 aromatic carbocycles. The molecular formula is C21H40IN5O. The fraction of sp³-hybridized carbons (Fsp3) is 0.905. The number of nitrogens with one attached hydrogen (secondary N) is 2. The Bertz CT molecular complexity index is 495. The topological polar surface area (TPSA) is 60.0 Å².